The number of carbonyl (C=O) groups is 2. The number of rotatable bonds is 20. The fourth-order valence-corrected chi connectivity index (χ4v) is 12.4. The van der Waals surface area contributed by atoms with Gasteiger partial charge in [0.1, 0.15) is 10.5 Å². The second-order valence-electron chi connectivity index (χ2n) is 20.2. The van der Waals surface area contributed by atoms with Crippen LogP contribution < -0.4 is 14.9 Å². The first-order valence-electron chi connectivity index (χ1n) is 25.2. The van der Waals surface area contributed by atoms with Crippen LogP contribution in [0.2, 0.25) is 5.02 Å². The largest absolute Gasteiger partial charge is 0.501 e. The van der Waals surface area contributed by atoms with E-state index in [0.29, 0.717) is 88.5 Å². The fraction of sp³-hybridized carbons (Fsp3) is 0.418. The molecule has 2 aliphatic rings. The SMILES string of the molecule is CN(CCCN1CCN(C(=O)OC(C)(C)C)CC1)CC[C@H](CSc1ccccc1)Nc1ccc(S(=O)(=O)NC(=O)c2ccc(N3CCC([C@H](O)c4ccccc4-c4ccc(Cl)cc4)CC3)cc2)cc1S(=O)(=O)C(F)(F)F. The van der Waals surface area contributed by atoms with Gasteiger partial charge in [-0.1, -0.05) is 66.2 Å². The Labute approximate surface area is 453 Å². The Bertz CT molecular complexity index is 2970. The van der Waals surface area contributed by atoms with Crippen molar-refractivity contribution in [3.8, 4) is 11.1 Å². The molecule has 3 N–H and O–H groups in total. The van der Waals surface area contributed by atoms with Gasteiger partial charge in [-0.15, -0.1) is 11.8 Å². The Morgan fingerprint density at radius 2 is 1.47 bits per heavy atom. The number of carbonyl (C=O) groups excluding carboxylic acids is 2. The standard InChI is InChI=1S/C55H66ClF3N6O8S3/c1-54(2,3)73-53(68)65-35-33-63(34-36-65)29-10-28-62(4)30-27-43(38-74-45-11-6-5-7-12-45)60-49-24-23-46(37-50(49)75(69,70)55(57,58)59)76(71,72)61-52(67)41-17-21-44(22-18-41)64-31-25-40(26-32-64)51(66)48-14-9-8-13-47(48)39-15-19-42(56)20-16-39/h5-9,11-24,37,40,43,51,60,66H,10,25-36,38H2,1-4H3,(H,61,67)/t43-,51+/m1/s1. The number of aliphatic hydroxyl groups excluding tert-OH is 1. The summed E-state index contributed by atoms with van der Waals surface area (Å²) in [5, 5.41) is 15.2. The maximum absolute atomic E-state index is 14.4. The number of halogens is 4. The van der Waals surface area contributed by atoms with Gasteiger partial charge in [0.25, 0.3) is 25.8 Å². The summed E-state index contributed by atoms with van der Waals surface area (Å²) in [6.45, 7) is 11.2. The smallest absolute Gasteiger partial charge is 0.444 e. The zero-order valence-corrected chi connectivity index (χ0v) is 46.2. The number of amides is 2. The van der Waals surface area contributed by atoms with Gasteiger partial charge in [-0.05, 0) is 162 Å². The Morgan fingerprint density at radius 3 is 2.12 bits per heavy atom. The highest BCUT2D eigenvalue weighted by Crippen LogP contribution is 2.39. The number of piperidine rings is 1. The highest BCUT2D eigenvalue weighted by atomic mass is 35.5. The molecule has 2 amide bonds. The van der Waals surface area contributed by atoms with Gasteiger partial charge in [-0.25, -0.2) is 26.4 Å². The number of nitrogens with one attached hydrogen (secondary N) is 2. The number of nitrogens with zero attached hydrogens (tertiary/aromatic N) is 4. The number of piperazine rings is 1. The number of thioether (sulfide) groups is 1. The summed E-state index contributed by atoms with van der Waals surface area (Å²) < 4.78 is 104. The van der Waals surface area contributed by atoms with Crippen molar-refractivity contribution in [2.45, 2.75) is 84.4 Å². The molecule has 2 fully saturated rings. The minimum absolute atomic E-state index is 0.0286. The van der Waals surface area contributed by atoms with E-state index in [1.807, 2.05) is 111 Å². The monoisotopic (exact) mass is 1130 g/mol. The topological polar surface area (TPSA) is 169 Å². The zero-order valence-electron chi connectivity index (χ0n) is 43.0. The van der Waals surface area contributed by atoms with Gasteiger partial charge < -0.3 is 29.9 Å². The first kappa shape index (κ1) is 58.3. The van der Waals surface area contributed by atoms with E-state index < -0.39 is 64.5 Å². The molecule has 0 radical (unpaired) electrons. The van der Waals surface area contributed by atoms with Crippen molar-refractivity contribution in [3.05, 3.63) is 137 Å². The highest BCUT2D eigenvalue weighted by Gasteiger charge is 2.48. The van der Waals surface area contributed by atoms with E-state index in [9.17, 15) is 44.7 Å². The molecule has 14 nitrogen and oxygen atoms in total. The van der Waals surface area contributed by atoms with Crippen LogP contribution in [0.4, 0.5) is 29.3 Å². The first-order chi connectivity index (χ1) is 36.0. The summed E-state index contributed by atoms with van der Waals surface area (Å²) in [6, 6.07) is 32.5. The third-order valence-electron chi connectivity index (χ3n) is 13.5. The number of hydrogen-bond acceptors (Lipinski definition) is 13. The first-order valence-corrected chi connectivity index (χ1v) is 29.5. The molecular weight excluding hydrogens is 1060 g/mol. The number of sulfone groups is 1. The van der Waals surface area contributed by atoms with Gasteiger partial charge in [0.05, 0.1) is 16.7 Å². The van der Waals surface area contributed by atoms with Gasteiger partial charge in [-0.2, -0.15) is 13.2 Å². The Balaban J connectivity index is 0.978. The zero-order chi connectivity index (χ0) is 54.8. The molecule has 0 aliphatic carbocycles. The quantitative estimate of drug-likeness (QED) is 0.0631. The maximum atomic E-state index is 14.4. The molecule has 0 aromatic heterocycles. The maximum Gasteiger partial charge on any atom is 0.501 e. The van der Waals surface area contributed by atoms with Crippen LogP contribution in [0.15, 0.2) is 136 Å². The lowest BCUT2D eigenvalue weighted by Crippen LogP contribution is -2.50. The lowest BCUT2D eigenvalue weighted by atomic mass is 9.84. The van der Waals surface area contributed by atoms with Gasteiger partial charge in [-0.3, -0.25) is 9.69 Å². The van der Waals surface area contributed by atoms with E-state index in [2.05, 4.69) is 20.0 Å². The van der Waals surface area contributed by atoms with Crippen LogP contribution in [-0.4, -0.2) is 137 Å². The van der Waals surface area contributed by atoms with Gasteiger partial charge >= 0.3 is 11.6 Å². The van der Waals surface area contributed by atoms with Gasteiger partial charge in [0, 0.05) is 72.2 Å². The Morgan fingerprint density at radius 1 is 0.829 bits per heavy atom. The second kappa shape index (κ2) is 25.4. The van der Waals surface area contributed by atoms with Crippen molar-refractivity contribution in [2.75, 3.05) is 81.9 Å². The van der Waals surface area contributed by atoms with E-state index in [-0.39, 0.29) is 17.6 Å². The summed E-state index contributed by atoms with van der Waals surface area (Å²) in [4.78, 5) is 32.8. The van der Waals surface area contributed by atoms with E-state index in [1.54, 1.807) is 17.0 Å². The average molecular weight is 1130 g/mol. The average Bonchev–Trinajstić information content (AvgIpc) is 3.39. The van der Waals surface area contributed by atoms with Crippen LogP contribution in [0.25, 0.3) is 11.1 Å². The van der Waals surface area contributed by atoms with E-state index in [1.165, 1.54) is 23.9 Å². The summed E-state index contributed by atoms with van der Waals surface area (Å²) in [5.41, 5.74) is -3.40. The van der Waals surface area contributed by atoms with Gasteiger partial charge in [0.2, 0.25) is 0 Å². The number of alkyl halides is 3. The number of hydrogen-bond donors (Lipinski definition) is 3. The number of aliphatic hydroxyl groups is 1. The molecule has 2 atom stereocenters. The molecule has 410 valence electrons. The van der Waals surface area contributed by atoms with Crippen LogP contribution in [0, 0.1) is 5.92 Å². The molecule has 5 aromatic rings. The molecule has 2 saturated heterocycles. The van der Waals surface area contributed by atoms with E-state index in [4.69, 9.17) is 16.3 Å². The molecule has 0 spiro atoms. The van der Waals surface area contributed by atoms with Crippen molar-refractivity contribution in [1.29, 1.82) is 0 Å². The van der Waals surface area contributed by atoms with Crippen molar-refractivity contribution in [2.24, 2.45) is 5.92 Å². The van der Waals surface area contributed by atoms with Crippen LogP contribution in [0.3, 0.4) is 0 Å². The second-order valence-corrected chi connectivity index (χ2v) is 25.3. The molecule has 21 heteroatoms. The molecule has 0 saturated carbocycles. The molecule has 2 heterocycles. The van der Waals surface area contributed by atoms with E-state index in [0.717, 1.165) is 52.4 Å². The summed E-state index contributed by atoms with van der Waals surface area (Å²) in [5.74, 6) is -0.778. The predicted octanol–water partition coefficient (Wildman–Crippen LogP) is 10.2. The molecule has 5 aromatic carbocycles. The van der Waals surface area contributed by atoms with Crippen molar-refractivity contribution >= 4 is 66.6 Å². The minimum atomic E-state index is -6.12. The van der Waals surface area contributed by atoms with Crippen LogP contribution >= 0.6 is 23.4 Å². The molecule has 76 heavy (non-hydrogen) atoms. The van der Waals surface area contributed by atoms with Crippen molar-refractivity contribution < 1.29 is 49.4 Å². The van der Waals surface area contributed by atoms with Crippen molar-refractivity contribution in [1.82, 2.24) is 19.4 Å². The minimum Gasteiger partial charge on any atom is -0.444 e. The normalized spacial score (nSPS) is 16.1. The molecule has 7 rings (SSSR count). The molecule has 2 aliphatic heterocycles. The Hall–Kier alpha value is -5.35. The lowest BCUT2D eigenvalue weighted by Gasteiger charge is -2.36. The fourth-order valence-electron chi connectivity index (χ4n) is 9.24. The summed E-state index contributed by atoms with van der Waals surface area (Å²) in [7, 11) is -9.10. The number of anilines is 2. The number of benzene rings is 5. The molecule has 0 bridgehead atoms. The van der Waals surface area contributed by atoms with Crippen LogP contribution in [0.5, 0.6) is 0 Å². The number of sulfonamides is 1. The van der Waals surface area contributed by atoms with Crippen LogP contribution in [0.1, 0.15) is 68.5 Å². The highest BCUT2D eigenvalue weighted by molar-refractivity contribution is 7.99. The third-order valence-corrected chi connectivity index (χ3v) is 17.7. The molecular formula is C55H66ClF3N6O8S3. The molecule has 0 unspecified atom stereocenters. The lowest BCUT2D eigenvalue weighted by molar-refractivity contribution is -0.0436. The summed E-state index contributed by atoms with van der Waals surface area (Å²) >= 11 is 7.54. The number of ether oxygens (including phenoxy) is 1. The van der Waals surface area contributed by atoms with Crippen molar-refractivity contribution in [3.63, 3.8) is 0 Å². The predicted molar refractivity (Wildman–Crippen MR) is 293 cm³/mol. The van der Waals surface area contributed by atoms with E-state index >= 15 is 0 Å². The van der Waals surface area contributed by atoms with Gasteiger partial charge in [0.15, 0.2) is 0 Å². The van der Waals surface area contributed by atoms with Crippen LogP contribution in [-0.2, 0) is 24.6 Å². The Kier molecular flexibility index (Phi) is 19.5. The summed E-state index contributed by atoms with van der Waals surface area (Å²) in [6.07, 6.45) is 1.48. The third kappa shape index (κ3) is 15.7.